The van der Waals surface area contributed by atoms with Crippen LogP contribution < -0.4 is 5.32 Å². The van der Waals surface area contributed by atoms with Gasteiger partial charge in [0.25, 0.3) is 0 Å². The van der Waals surface area contributed by atoms with Crippen molar-refractivity contribution in [3.05, 3.63) is 60.2 Å². The molecule has 2 heterocycles. The van der Waals surface area contributed by atoms with Crippen molar-refractivity contribution in [3.63, 3.8) is 0 Å². The van der Waals surface area contributed by atoms with Gasteiger partial charge >= 0.3 is 0 Å². The van der Waals surface area contributed by atoms with Crippen molar-refractivity contribution in [2.45, 2.75) is 37.8 Å². The maximum Gasteiger partial charge on any atom is 0.0977 e. The van der Waals surface area contributed by atoms with E-state index in [1.807, 2.05) is 0 Å². The summed E-state index contributed by atoms with van der Waals surface area (Å²) >= 11 is 0. The third-order valence-corrected chi connectivity index (χ3v) is 5.41. The normalized spacial score (nSPS) is 30.2. The molecule has 1 aromatic rings. The lowest BCUT2D eigenvalue weighted by Gasteiger charge is -2.27. The van der Waals surface area contributed by atoms with E-state index in [-0.39, 0.29) is 6.04 Å². The highest BCUT2D eigenvalue weighted by atomic mass is 16.5. The van der Waals surface area contributed by atoms with Crippen LogP contribution in [0.1, 0.15) is 37.3 Å². The largest absolute Gasteiger partial charge is 0.381 e. The topological polar surface area (TPSA) is 33.6 Å². The van der Waals surface area contributed by atoms with Crippen LogP contribution in [0, 0.1) is 11.8 Å². The first-order valence-corrected chi connectivity index (χ1v) is 9.19. The summed E-state index contributed by atoms with van der Waals surface area (Å²) in [5.41, 5.74) is 1.32. The Morgan fingerprint density at radius 2 is 1.92 bits per heavy atom. The molecule has 1 aromatic carbocycles. The van der Waals surface area contributed by atoms with Gasteiger partial charge in [-0.1, -0.05) is 54.6 Å². The van der Waals surface area contributed by atoms with Gasteiger partial charge in [-0.2, -0.15) is 0 Å². The summed E-state index contributed by atoms with van der Waals surface area (Å²) in [6, 6.07) is 11.3. The van der Waals surface area contributed by atoms with E-state index in [2.05, 4.69) is 60.0 Å². The number of nitrogens with one attached hydrogen (secondary N) is 1. The molecule has 3 nitrogen and oxygen atoms in total. The van der Waals surface area contributed by atoms with Crippen molar-refractivity contribution in [2.75, 3.05) is 13.2 Å². The molecule has 1 N–H and O–H groups in total. The average Bonchev–Trinajstić information content (AvgIpc) is 3.08. The summed E-state index contributed by atoms with van der Waals surface area (Å²) in [6.45, 7) is 1.80. The second-order valence-electron chi connectivity index (χ2n) is 7.07. The maximum atomic E-state index is 5.49. The number of allylic oxidation sites excluding steroid dienone is 3. The monoisotopic (exact) mass is 322 g/mol. The van der Waals surface area contributed by atoms with Gasteiger partial charge in [0.05, 0.1) is 17.9 Å². The van der Waals surface area contributed by atoms with E-state index < -0.39 is 0 Å². The quantitative estimate of drug-likeness (QED) is 0.907. The highest BCUT2D eigenvalue weighted by Gasteiger charge is 2.35. The van der Waals surface area contributed by atoms with Gasteiger partial charge in [0.15, 0.2) is 0 Å². The summed E-state index contributed by atoms with van der Waals surface area (Å²) in [6.07, 6.45) is 13.4. The first-order chi connectivity index (χ1) is 11.9. The molecule has 1 aliphatic carbocycles. The molecular formula is C21H26N2O. The van der Waals surface area contributed by atoms with Crippen molar-refractivity contribution in [2.24, 2.45) is 16.8 Å². The van der Waals surface area contributed by atoms with E-state index in [1.54, 1.807) is 0 Å². The molecular weight excluding hydrogens is 296 g/mol. The maximum absolute atomic E-state index is 5.49. The second kappa shape index (κ2) is 7.35. The lowest BCUT2D eigenvalue weighted by atomic mass is 9.86. The van der Waals surface area contributed by atoms with E-state index >= 15 is 0 Å². The molecule has 0 amide bonds. The number of nitrogens with zero attached hydrogens (tertiary/aromatic N) is 1. The molecule has 3 aliphatic rings. The highest BCUT2D eigenvalue weighted by molar-refractivity contribution is 5.85. The van der Waals surface area contributed by atoms with E-state index in [4.69, 9.17) is 9.73 Å². The van der Waals surface area contributed by atoms with Crippen molar-refractivity contribution >= 4 is 5.84 Å². The molecule has 1 fully saturated rings. The first kappa shape index (κ1) is 15.6. The summed E-state index contributed by atoms with van der Waals surface area (Å²) in [5, 5.41) is 3.78. The molecule has 0 radical (unpaired) electrons. The zero-order valence-electron chi connectivity index (χ0n) is 14.1. The minimum atomic E-state index is 0.224. The molecule has 3 atom stereocenters. The third kappa shape index (κ3) is 3.46. The van der Waals surface area contributed by atoms with Gasteiger partial charge in [-0.3, -0.25) is 4.99 Å². The predicted molar refractivity (Wildman–Crippen MR) is 98.1 cm³/mol. The SMILES string of the molecule is C1=CCC([C@@H]2NC(CC3CCOCC3)=N[C@@H]2c2ccccc2)C=C1. The Morgan fingerprint density at radius 1 is 1.08 bits per heavy atom. The van der Waals surface area contributed by atoms with Crippen LogP contribution in [0.2, 0.25) is 0 Å². The Balaban J connectivity index is 1.53. The van der Waals surface area contributed by atoms with Crippen LogP contribution in [-0.2, 0) is 4.74 Å². The van der Waals surface area contributed by atoms with Crippen LogP contribution in [-0.4, -0.2) is 25.1 Å². The van der Waals surface area contributed by atoms with Gasteiger partial charge in [-0.25, -0.2) is 0 Å². The third-order valence-electron chi connectivity index (χ3n) is 5.41. The summed E-state index contributed by atoms with van der Waals surface area (Å²) in [7, 11) is 0. The second-order valence-corrected chi connectivity index (χ2v) is 7.07. The van der Waals surface area contributed by atoms with Crippen molar-refractivity contribution in [1.82, 2.24) is 5.32 Å². The number of amidine groups is 1. The Hall–Kier alpha value is -1.87. The lowest BCUT2D eigenvalue weighted by molar-refractivity contribution is 0.0683. The lowest BCUT2D eigenvalue weighted by Crippen LogP contribution is -2.38. The Bertz CT molecular complexity index is 628. The zero-order valence-corrected chi connectivity index (χ0v) is 14.1. The molecule has 0 bridgehead atoms. The van der Waals surface area contributed by atoms with Gasteiger partial charge in [0.1, 0.15) is 0 Å². The van der Waals surface area contributed by atoms with Crippen LogP contribution in [0.4, 0.5) is 0 Å². The Morgan fingerprint density at radius 3 is 2.67 bits per heavy atom. The summed E-state index contributed by atoms with van der Waals surface area (Å²) in [5.74, 6) is 2.42. The number of benzene rings is 1. The van der Waals surface area contributed by atoms with E-state index in [0.29, 0.717) is 17.9 Å². The molecule has 0 aromatic heterocycles. The number of aliphatic imine (C=N–C) groups is 1. The molecule has 1 unspecified atom stereocenters. The van der Waals surface area contributed by atoms with Crippen molar-refractivity contribution in [1.29, 1.82) is 0 Å². The fraction of sp³-hybridized carbons (Fsp3) is 0.476. The van der Waals surface area contributed by atoms with Gasteiger partial charge in [0, 0.05) is 25.6 Å². The van der Waals surface area contributed by atoms with Crippen LogP contribution in [0.5, 0.6) is 0 Å². The minimum Gasteiger partial charge on any atom is -0.381 e. The van der Waals surface area contributed by atoms with Gasteiger partial charge in [0.2, 0.25) is 0 Å². The van der Waals surface area contributed by atoms with E-state index in [1.165, 1.54) is 11.4 Å². The van der Waals surface area contributed by atoms with E-state index in [9.17, 15) is 0 Å². The number of rotatable bonds is 4. The van der Waals surface area contributed by atoms with Crippen LogP contribution in [0.25, 0.3) is 0 Å². The van der Waals surface area contributed by atoms with Gasteiger partial charge in [-0.05, 0) is 30.7 Å². The molecule has 2 aliphatic heterocycles. The van der Waals surface area contributed by atoms with E-state index in [0.717, 1.165) is 38.9 Å². The van der Waals surface area contributed by atoms with Gasteiger partial charge < -0.3 is 10.1 Å². The number of ether oxygens (including phenoxy) is 1. The average molecular weight is 322 g/mol. The molecule has 4 rings (SSSR count). The van der Waals surface area contributed by atoms with Crippen LogP contribution >= 0.6 is 0 Å². The molecule has 3 heteroatoms. The first-order valence-electron chi connectivity index (χ1n) is 9.19. The molecule has 24 heavy (non-hydrogen) atoms. The predicted octanol–water partition coefficient (Wildman–Crippen LogP) is 4.05. The number of hydrogen-bond acceptors (Lipinski definition) is 3. The summed E-state index contributed by atoms with van der Waals surface area (Å²) < 4.78 is 5.49. The van der Waals surface area contributed by atoms with Gasteiger partial charge in [-0.15, -0.1) is 0 Å². The molecule has 126 valence electrons. The molecule has 1 saturated heterocycles. The number of hydrogen-bond donors (Lipinski definition) is 1. The highest BCUT2D eigenvalue weighted by Crippen LogP contribution is 2.34. The fourth-order valence-electron chi connectivity index (χ4n) is 4.03. The van der Waals surface area contributed by atoms with Crippen LogP contribution in [0.15, 0.2) is 59.6 Å². The summed E-state index contributed by atoms with van der Waals surface area (Å²) in [4.78, 5) is 5.12. The fourth-order valence-corrected chi connectivity index (χ4v) is 4.03. The van der Waals surface area contributed by atoms with Crippen molar-refractivity contribution < 1.29 is 4.74 Å². The van der Waals surface area contributed by atoms with Crippen LogP contribution in [0.3, 0.4) is 0 Å². The molecule has 0 saturated carbocycles. The minimum absolute atomic E-state index is 0.224. The molecule has 0 spiro atoms. The Labute approximate surface area is 144 Å². The standard InChI is InChI=1S/C21H26N2O/c1-3-7-17(8-4-1)20-21(18-9-5-2-6-10-18)23-19(22-20)15-16-11-13-24-14-12-16/h1-9,16,18,20-21H,10-15H2,(H,22,23)/t18?,20-,21+/m1/s1. The van der Waals surface area contributed by atoms with Crippen molar-refractivity contribution in [3.8, 4) is 0 Å². The smallest absolute Gasteiger partial charge is 0.0977 e. The Kier molecular flexibility index (Phi) is 4.79. The zero-order chi connectivity index (χ0) is 16.2.